The molecule has 1 aliphatic rings. The van der Waals surface area contributed by atoms with Gasteiger partial charge < -0.3 is 34.2 Å². The number of unbranched alkanes of at least 4 members (excludes halogenated alkanes) is 8. The third-order valence-corrected chi connectivity index (χ3v) is 5.73. The van der Waals surface area contributed by atoms with Crippen molar-refractivity contribution in [3.8, 4) is 5.75 Å². The summed E-state index contributed by atoms with van der Waals surface area (Å²) in [4.78, 5) is 20.0. The molecule has 0 bridgehead atoms. The number of rotatable bonds is 14. The normalized spacial score (nSPS) is 21.5. The van der Waals surface area contributed by atoms with Crippen molar-refractivity contribution >= 4 is 15.0 Å². The van der Waals surface area contributed by atoms with Crippen LogP contribution in [-0.4, -0.2) is 63.8 Å². The van der Waals surface area contributed by atoms with Gasteiger partial charge in [0.25, 0.3) is 0 Å². The van der Waals surface area contributed by atoms with Crippen molar-refractivity contribution in [1.29, 1.82) is 0 Å². The number of aliphatic hydroxyl groups is 3. The summed E-state index contributed by atoms with van der Waals surface area (Å²) < 4.78 is 15.1. The summed E-state index contributed by atoms with van der Waals surface area (Å²) in [5, 5.41) is 28.6. The van der Waals surface area contributed by atoms with E-state index < -0.39 is 33.5 Å². The molecule has 0 radical (unpaired) electrons. The maximum Gasteiger partial charge on any atom is 0.305 e. The van der Waals surface area contributed by atoms with Crippen molar-refractivity contribution in [2.24, 2.45) is 0 Å². The highest BCUT2D eigenvalue weighted by Crippen LogP contribution is 2.17. The van der Waals surface area contributed by atoms with Crippen LogP contribution in [0.4, 0.5) is 0 Å². The van der Waals surface area contributed by atoms with E-state index in [0.717, 1.165) is 19.3 Å². The van der Waals surface area contributed by atoms with E-state index in [9.17, 15) is 20.1 Å². The Hall–Kier alpha value is -1.28. The molecular formula is C26H47O8P. The molecule has 0 amide bonds. The van der Waals surface area contributed by atoms with E-state index in [1.807, 2.05) is 32.0 Å². The second kappa shape index (κ2) is 23.1. The number of benzene rings is 1. The fourth-order valence-electron chi connectivity index (χ4n) is 3.38. The first-order chi connectivity index (χ1) is 17.0. The van der Waals surface area contributed by atoms with Crippen LogP contribution in [0.15, 0.2) is 30.3 Å². The lowest BCUT2D eigenvalue weighted by molar-refractivity contribution is -0.201. The molecule has 0 saturated carbocycles. The van der Waals surface area contributed by atoms with Crippen LogP contribution < -0.4 is 4.52 Å². The molecule has 0 spiro atoms. The van der Waals surface area contributed by atoms with Gasteiger partial charge in [0, 0.05) is 6.42 Å². The van der Waals surface area contributed by atoms with Crippen LogP contribution in [0.25, 0.3) is 0 Å². The molecule has 0 aliphatic carbocycles. The Morgan fingerprint density at radius 3 is 2.09 bits per heavy atom. The van der Waals surface area contributed by atoms with Gasteiger partial charge >= 0.3 is 5.97 Å². The zero-order valence-corrected chi connectivity index (χ0v) is 22.6. The van der Waals surface area contributed by atoms with Crippen molar-refractivity contribution in [1.82, 2.24) is 0 Å². The van der Waals surface area contributed by atoms with Crippen LogP contribution in [0, 0.1) is 0 Å². The molecule has 0 aromatic heterocycles. The molecule has 1 heterocycles. The third-order valence-electron chi connectivity index (χ3n) is 5.41. The molecule has 1 saturated heterocycles. The summed E-state index contributed by atoms with van der Waals surface area (Å²) in [7, 11) is -0.465. The van der Waals surface area contributed by atoms with Crippen LogP contribution in [0.2, 0.25) is 0 Å². The number of para-hydroxylation sites is 1. The van der Waals surface area contributed by atoms with Crippen LogP contribution in [0.3, 0.4) is 0 Å². The fourth-order valence-corrected chi connectivity index (χ4v) is 3.62. The summed E-state index contributed by atoms with van der Waals surface area (Å²) >= 11 is 0. The van der Waals surface area contributed by atoms with E-state index in [4.69, 9.17) is 18.9 Å². The van der Waals surface area contributed by atoms with Gasteiger partial charge in [0.15, 0.2) is 0 Å². The van der Waals surface area contributed by atoms with Gasteiger partial charge in [-0.1, -0.05) is 90.3 Å². The predicted molar refractivity (Wildman–Crippen MR) is 140 cm³/mol. The van der Waals surface area contributed by atoms with Gasteiger partial charge in [0.1, 0.15) is 36.8 Å². The maximum absolute atomic E-state index is 11.7. The van der Waals surface area contributed by atoms with E-state index >= 15 is 0 Å². The Bertz CT molecular complexity index is 604. The predicted octanol–water partition coefficient (Wildman–Crippen LogP) is 4.52. The molecule has 35 heavy (non-hydrogen) atoms. The number of hydrogen-bond acceptors (Lipinski definition) is 8. The largest absolute Gasteiger partial charge is 0.463 e. The monoisotopic (exact) mass is 518 g/mol. The fraction of sp³-hybridized carbons (Fsp3) is 0.731. The first-order valence-electron chi connectivity index (χ1n) is 12.9. The first-order valence-corrected chi connectivity index (χ1v) is 13.8. The summed E-state index contributed by atoms with van der Waals surface area (Å²) in [6.07, 6.45) is 6.67. The van der Waals surface area contributed by atoms with Crippen molar-refractivity contribution in [3.05, 3.63) is 30.3 Å². The second-order valence-corrected chi connectivity index (χ2v) is 8.57. The van der Waals surface area contributed by atoms with E-state index in [2.05, 4.69) is 6.92 Å². The minimum atomic E-state index is -1.26. The van der Waals surface area contributed by atoms with E-state index in [1.165, 1.54) is 38.5 Å². The zero-order chi connectivity index (χ0) is 26.3. The molecular weight excluding hydrogens is 471 g/mol. The Labute approximate surface area is 213 Å². The van der Waals surface area contributed by atoms with Crippen LogP contribution >= 0.6 is 9.03 Å². The van der Waals surface area contributed by atoms with Gasteiger partial charge in [-0.05, 0) is 18.6 Å². The molecule has 2 rings (SSSR count). The molecule has 1 aromatic rings. The van der Waals surface area contributed by atoms with Gasteiger partial charge in [-0.15, -0.1) is 0 Å². The average molecular weight is 519 g/mol. The zero-order valence-electron chi connectivity index (χ0n) is 21.6. The van der Waals surface area contributed by atoms with Gasteiger partial charge in [0.2, 0.25) is 9.03 Å². The van der Waals surface area contributed by atoms with Crippen molar-refractivity contribution < 1.29 is 39.0 Å². The number of carbonyl (C=O) groups excluding carboxylic acids is 1. The number of ether oxygens (including phenoxy) is 2. The van der Waals surface area contributed by atoms with Gasteiger partial charge in [0.05, 0.1) is 6.61 Å². The average Bonchev–Trinajstić information content (AvgIpc) is 2.88. The summed E-state index contributed by atoms with van der Waals surface area (Å²) in [6.45, 7) is 6.05. The Morgan fingerprint density at radius 2 is 1.51 bits per heavy atom. The second-order valence-electron chi connectivity index (χ2n) is 8.19. The molecule has 4 N–H and O–H groups in total. The topological polar surface area (TPSA) is 126 Å². The van der Waals surface area contributed by atoms with E-state index in [0.29, 0.717) is 12.2 Å². The van der Waals surface area contributed by atoms with Crippen LogP contribution in [0.5, 0.6) is 5.75 Å². The first kappa shape index (κ1) is 33.7. The maximum atomic E-state index is 11.7. The number of hydrogen-bond donors (Lipinski definition) is 4. The lowest BCUT2D eigenvalue weighted by Crippen LogP contribution is -2.54. The molecule has 1 fully saturated rings. The van der Waals surface area contributed by atoms with Crippen LogP contribution in [-0.2, 0) is 14.3 Å². The Morgan fingerprint density at radius 1 is 0.943 bits per heavy atom. The van der Waals surface area contributed by atoms with Gasteiger partial charge in [-0.3, -0.25) is 4.79 Å². The summed E-state index contributed by atoms with van der Waals surface area (Å²) in [6, 6.07) is 9.20. The quantitative estimate of drug-likeness (QED) is 0.161. The SMILES string of the molecule is CC.CCCCCCCCCCCC(=O)OCC1OCC(O)C(O)C1O.OPOc1ccccc1. The number of aliphatic hydroxyl groups excluding tert-OH is 3. The molecule has 5 unspecified atom stereocenters. The van der Waals surface area contributed by atoms with Crippen molar-refractivity contribution in [2.45, 2.75) is 109 Å². The van der Waals surface area contributed by atoms with Crippen LogP contribution in [0.1, 0.15) is 85.0 Å². The number of esters is 1. The summed E-state index contributed by atoms with van der Waals surface area (Å²) in [5.74, 6) is 0.396. The highest BCUT2D eigenvalue weighted by molar-refractivity contribution is 7.25. The van der Waals surface area contributed by atoms with E-state index in [1.54, 1.807) is 12.1 Å². The van der Waals surface area contributed by atoms with Gasteiger partial charge in [-0.2, -0.15) is 0 Å². The van der Waals surface area contributed by atoms with Crippen molar-refractivity contribution in [3.63, 3.8) is 0 Å². The highest BCUT2D eigenvalue weighted by Gasteiger charge is 2.38. The molecule has 9 heteroatoms. The number of carbonyl (C=O) groups is 1. The van der Waals surface area contributed by atoms with Crippen molar-refractivity contribution in [2.75, 3.05) is 13.2 Å². The lowest BCUT2D eigenvalue weighted by Gasteiger charge is -2.34. The molecule has 1 aliphatic heterocycles. The van der Waals surface area contributed by atoms with E-state index in [-0.39, 0.29) is 19.2 Å². The van der Waals surface area contributed by atoms with Gasteiger partial charge in [-0.25, -0.2) is 0 Å². The highest BCUT2D eigenvalue weighted by atomic mass is 31.1. The lowest BCUT2D eigenvalue weighted by atomic mass is 10.0. The molecule has 8 nitrogen and oxygen atoms in total. The summed E-state index contributed by atoms with van der Waals surface area (Å²) in [5.41, 5.74) is 0. The Kier molecular flexibility index (Phi) is 22.3. The Balaban J connectivity index is 0.000000870. The molecule has 5 atom stereocenters. The minimum Gasteiger partial charge on any atom is -0.463 e. The minimum absolute atomic E-state index is 0.0707. The smallest absolute Gasteiger partial charge is 0.305 e. The molecule has 1 aromatic carbocycles. The standard InChI is InChI=1S/C18H34O6.C6H7O2P.C2H6/c1-2-3-4-5-6-7-8-9-10-11-16(20)24-13-15-18(22)17(21)14(19)12-23-15;7-9-8-6-4-2-1-3-5-6;1-2/h14-15,17-19,21-22H,2-13H2,1H3;1-5,7,9H;1-2H3. The molecule has 204 valence electrons. The third kappa shape index (κ3) is 16.9.